The van der Waals surface area contributed by atoms with E-state index in [1.807, 2.05) is 31.2 Å². The van der Waals surface area contributed by atoms with Crippen LogP contribution in [-0.4, -0.2) is 14.2 Å². The molecule has 0 saturated carbocycles. The highest BCUT2D eigenvalue weighted by atomic mass is 32.2. The van der Waals surface area contributed by atoms with Crippen molar-refractivity contribution in [1.82, 2.24) is 0 Å². The Bertz CT molecular complexity index is 401. The predicted molar refractivity (Wildman–Crippen MR) is 58.9 cm³/mol. The highest BCUT2D eigenvalue weighted by Gasteiger charge is 2.08. The maximum Gasteiger partial charge on any atom is 0.157 e. The van der Waals surface area contributed by atoms with Crippen LogP contribution in [0, 0.1) is 6.92 Å². The highest BCUT2D eigenvalue weighted by Crippen LogP contribution is 2.08. The van der Waals surface area contributed by atoms with Crippen LogP contribution in [0.3, 0.4) is 0 Å². The minimum absolute atomic E-state index is 0.0425. The molecule has 0 amide bonds. The highest BCUT2D eigenvalue weighted by molar-refractivity contribution is 7.90. The summed E-state index contributed by atoms with van der Waals surface area (Å²) < 4.78 is 22.8. The third kappa shape index (κ3) is 3.34. The van der Waals surface area contributed by atoms with Crippen LogP contribution in [0.4, 0.5) is 0 Å². The first kappa shape index (κ1) is 11.0. The second-order valence-electron chi connectivity index (χ2n) is 3.33. The van der Waals surface area contributed by atoms with Crippen molar-refractivity contribution in [2.45, 2.75) is 12.7 Å². The van der Waals surface area contributed by atoms with Crippen molar-refractivity contribution in [1.29, 1.82) is 0 Å². The fraction of sp³-hybridized carbons (Fsp3) is 0.273. The molecule has 0 aliphatic carbocycles. The summed E-state index contributed by atoms with van der Waals surface area (Å²) in [5.74, 6) is 0.139. The monoisotopic (exact) mass is 210 g/mol. The van der Waals surface area contributed by atoms with Gasteiger partial charge in [-0.15, -0.1) is 6.58 Å². The Kier molecular flexibility index (Phi) is 3.47. The number of hydrogen-bond acceptors (Lipinski definition) is 2. The van der Waals surface area contributed by atoms with Gasteiger partial charge in [0.05, 0.1) is 11.5 Å². The molecule has 0 spiro atoms. The molecule has 0 N–H and O–H groups in total. The molecule has 0 aliphatic rings. The molecular formula is C11H14O2S. The molecule has 0 radical (unpaired) electrons. The molecule has 0 aliphatic heterocycles. The van der Waals surface area contributed by atoms with Crippen LogP contribution in [0.5, 0.6) is 0 Å². The Balaban J connectivity index is 2.79. The molecule has 1 aromatic carbocycles. The van der Waals surface area contributed by atoms with E-state index in [1.54, 1.807) is 0 Å². The fourth-order valence-corrected chi connectivity index (χ4v) is 2.35. The first-order chi connectivity index (χ1) is 6.53. The van der Waals surface area contributed by atoms with Gasteiger partial charge in [0.15, 0.2) is 9.84 Å². The van der Waals surface area contributed by atoms with Crippen molar-refractivity contribution in [3.63, 3.8) is 0 Å². The summed E-state index contributed by atoms with van der Waals surface area (Å²) in [6, 6.07) is 7.52. The zero-order chi connectivity index (χ0) is 10.6. The van der Waals surface area contributed by atoms with Crippen molar-refractivity contribution in [3.05, 3.63) is 48.0 Å². The minimum Gasteiger partial charge on any atom is -0.228 e. The fourth-order valence-electron chi connectivity index (χ4n) is 1.18. The third-order valence-electron chi connectivity index (χ3n) is 1.88. The Labute approximate surface area is 85.2 Å². The summed E-state index contributed by atoms with van der Waals surface area (Å²) >= 11 is 0. The van der Waals surface area contributed by atoms with E-state index < -0.39 is 9.84 Å². The molecule has 2 nitrogen and oxygen atoms in total. The van der Waals surface area contributed by atoms with Gasteiger partial charge in [-0.2, -0.15) is 0 Å². The lowest BCUT2D eigenvalue weighted by molar-refractivity contribution is 0.598. The summed E-state index contributed by atoms with van der Waals surface area (Å²) in [5.41, 5.74) is 1.97. The van der Waals surface area contributed by atoms with E-state index >= 15 is 0 Å². The standard InChI is InChI=1S/C11H14O2S/c1-3-8-14(12,13)9-11-6-4-10(2)5-7-11/h3-7H,1,8-9H2,2H3. The van der Waals surface area contributed by atoms with Crippen molar-refractivity contribution in [2.24, 2.45) is 0 Å². The SMILES string of the molecule is C=CCS(=O)(=O)Cc1ccc(C)cc1. The lowest BCUT2D eigenvalue weighted by atomic mass is 10.2. The quantitative estimate of drug-likeness (QED) is 0.713. The molecule has 0 bridgehead atoms. The molecule has 0 atom stereocenters. The van der Waals surface area contributed by atoms with Gasteiger partial charge in [-0.05, 0) is 12.5 Å². The summed E-state index contributed by atoms with van der Waals surface area (Å²) in [5, 5.41) is 0. The van der Waals surface area contributed by atoms with E-state index in [-0.39, 0.29) is 11.5 Å². The van der Waals surface area contributed by atoms with Crippen molar-refractivity contribution in [3.8, 4) is 0 Å². The normalized spacial score (nSPS) is 11.2. The Morgan fingerprint density at radius 3 is 2.36 bits per heavy atom. The first-order valence-corrected chi connectivity index (χ1v) is 6.22. The van der Waals surface area contributed by atoms with E-state index in [0.29, 0.717) is 0 Å². The first-order valence-electron chi connectivity index (χ1n) is 4.40. The van der Waals surface area contributed by atoms with Gasteiger partial charge in [0, 0.05) is 0 Å². The lowest BCUT2D eigenvalue weighted by Gasteiger charge is -2.01. The molecule has 0 fully saturated rings. The van der Waals surface area contributed by atoms with E-state index in [9.17, 15) is 8.42 Å². The van der Waals surface area contributed by atoms with Gasteiger partial charge in [0.2, 0.25) is 0 Å². The molecule has 0 heterocycles. The summed E-state index contributed by atoms with van der Waals surface area (Å²) in [6.45, 7) is 5.40. The van der Waals surface area contributed by atoms with E-state index in [2.05, 4.69) is 6.58 Å². The van der Waals surface area contributed by atoms with Crippen LogP contribution in [-0.2, 0) is 15.6 Å². The van der Waals surface area contributed by atoms with Crippen LogP contribution >= 0.6 is 0 Å². The van der Waals surface area contributed by atoms with Crippen LogP contribution < -0.4 is 0 Å². The molecule has 0 unspecified atom stereocenters. The average Bonchev–Trinajstić information content (AvgIpc) is 2.08. The molecule has 76 valence electrons. The minimum atomic E-state index is -3.02. The Morgan fingerprint density at radius 1 is 1.29 bits per heavy atom. The van der Waals surface area contributed by atoms with Gasteiger partial charge in [0.25, 0.3) is 0 Å². The third-order valence-corrected chi connectivity index (χ3v) is 3.40. The van der Waals surface area contributed by atoms with Crippen molar-refractivity contribution in [2.75, 3.05) is 5.75 Å². The number of hydrogen-bond donors (Lipinski definition) is 0. The second kappa shape index (κ2) is 4.42. The molecule has 14 heavy (non-hydrogen) atoms. The molecule has 0 aromatic heterocycles. The molecule has 1 aromatic rings. The zero-order valence-electron chi connectivity index (χ0n) is 8.23. The number of rotatable bonds is 4. The Morgan fingerprint density at radius 2 is 1.86 bits per heavy atom. The smallest absolute Gasteiger partial charge is 0.157 e. The van der Waals surface area contributed by atoms with Gasteiger partial charge in [-0.25, -0.2) is 8.42 Å². The van der Waals surface area contributed by atoms with Crippen LogP contribution in [0.1, 0.15) is 11.1 Å². The van der Waals surface area contributed by atoms with Crippen LogP contribution in [0.25, 0.3) is 0 Å². The topological polar surface area (TPSA) is 34.1 Å². The number of aryl methyl sites for hydroxylation is 1. The van der Waals surface area contributed by atoms with Gasteiger partial charge in [-0.1, -0.05) is 35.9 Å². The van der Waals surface area contributed by atoms with Crippen LogP contribution in [0.15, 0.2) is 36.9 Å². The average molecular weight is 210 g/mol. The lowest BCUT2D eigenvalue weighted by Crippen LogP contribution is -2.07. The van der Waals surface area contributed by atoms with Gasteiger partial charge in [0.1, 0.15) is 0 Å². The summed E-state index contributed by atoms with van der Waals surface area (Å²) in [6.07, 6.45) is 1.42. The molecule has 0 saturated heterocycles. The maximum absolute atomic E-state index is 11.4. The van der Waals surface area contributed by atoms with Crippen LogP contribution in [0.2, 0.25) is 0 Å². The Hall–Kier alpha value is -1.09. The molecular weight excluding hydrogens is 196 g/mol. The number of sulfone groups is 1. The predicted octanol–water partition coefficient (Wildman–Crippen LogP) is 2.10. The van der Waals surface area contributed by atoms with E-state index in [4.69, 9.17) is 0 Å². The van der Waals surface area contributed by atoms with E-state index in [0.717, 1.165) is 11.1 Å². The van der Waals surface area contributed by atoms with Gasteiger partial charge < -0.3 is 0 Å². The zero-order valence-corrected chi connectivity index (χ0v) is 9.05. The molecule has 3 heteroatoms. The number of benzene rings is 1. The van der Waals surface area contributed by atoms with Gasteiger partial charge >= 0.3 is 0 Å². The van der Waals surface area contributed by atoms with Gasteiger partial charge in [-0.3, -0.25) is 0 Å². The molecule has 1 rings (SSSR count). The summed E-state index contributed by atoms with van der Waals surface area (Å²) in [7, 11) is -3.02. The van der Waals surface area contributed by atoms with E-state index in [1.165, 1.54) is 6.08 Å². The maximum atomic E-state index is 11.4. The second-order valence-corrected chi connectivity index (χ2v) is 5.44. The van der Waals surface area contributed by atoms with Crippen molar-refractivity contribution >= 4 is 9.84 Å². The summed E-state index contributed by atoms with van der Waals surface area (Å²) in [4.78, 5) is 0. The van der Waals surface area contributed by atoms with Crippen molar-refractivity contribution < 1.29 is 8.42 Å². The largest absolute Gasteiger partial charge is 0.228 e.